The van der Waals surface area contributed by atoms with E-state index in [9.17, 15) is 9.18 Å². The molecule has 1 fully saturated rings. The summed E-state index contributed by atoms with van der Waals surface area (Å²) in [6, 6.07) is 14.6. The fourth-order valence-electron chi connectivity index (χ4n) is 3.54. The third-order valence-electron chi connectivity index (χ3n) is 5.23. The summed E-state index contributed by atoms with van der Waals surface area (Å²) in [6.07, 6.45) is 1.12. The van der Waals surface area contributed by atoms with Gasteiger partial charge in [-0.25, -0.2) is 9.37 Å². The molecule has 0 atom stereocenters. The third-order valence-corrected chi connectivity index (χ3v) is 6.27. The second-order valence-electron chi connectivity index (χ2n) is 7.25. The van der Waals surface area contributed by atoms with Crippen LogP contribution in [0.25, 0.3) is 10.2 Å². The Balaban J connectivity index is 1.51. The summed E-state index contributed by atoms with van der Waals surface area (Å²) < 4.78 is 19.8. The SMILES string of the molecule is O=C(CCc1ccccc1)N(CC[NH+]1CCOCC1)c1nc2ccc(F)cc2s1. The highest BCUT2D eigenvalue weighted by Gasteiger charge is 2.23. The lowest BCUT2D eigenvalue weighted by Crippen LogP contribution is -3.14. The molecule has 29 heavy (non-hydrogen) atoms. The van der Waals surface area contributed by atoms with Crippen molar-refractivity contribution < 1.29 is 18.8 Å². The smallest absolute Gasteiger partial charge is 0.229 e. The van der Waals surface area contributed by atoms with E-state index < -0.39 is 0 Å². The number of halogens is 1. The predicted octanol–water partition coefficient (Wildman–Crippen LogP) is 2.32. The zero-order valence-electron chi connectivity index (χ0n) is 16.3. The van der Waals surface area contributed by atoms with Crippen LogP contribution in [0.1, 0.15) is 12.0 Å². The van der Waals surface area contributed by atoms with Gasteiger partial charge >= 0.3 is 0 Å². The van der Waals surface area contributed by atoms with Crippen molar-refractivity contribution in [2.24, 2.45) is 0 Å². The normalized spacial score (nSPS) is 14.9. The first-order chi connectivity index (χ1) is 14.2. The number of fused-ring (bicyclic) bond motifs is 1. The molecule has 5 nitrogen and oxygen atoms in total. The molecule has 1 aliphatic heterocycles. The van der Waals surface area contributed by atoms with E-state index in [2.05, 4.69) is 4.98 Å². The van der Waals surface area contributed by atoms with Gasteiger partial charge in [0.2, 0.25) is 5.91 Å². The van der Waals surface area contributed by atoms with Gasteiger partial charge in [0.25, 0.3) is 0 Å². The van der Waals surface area contributed by atoms with Gasteiger partial charge in [-0.2, -0.15) is 0 Å². The molecule has 1 aliphatic rings. The minimum absolute atomic E-state index is 0.0565. The number of thiazole rings is 1. The molecule has 0 saturated carbocycles. The molecule has 2 heterocycles. The van der Waals surface area contributed by atoms with Gasteiger partial charge in [-0.05, 0) is 30.2 Å². The summed E-state index contributed by atoms with van der Waals surface area (Å²) in [4.78, 5) is 21.0. The van der Waals surface area contributed by atoms with Crippen molar-refractivity contribution in [3.05, 3.63) is 59.9 Å². The summed E-state index contributed by atoms with van der Waals surface area (Å²) in [6.45, 7) is 4.89. The van der Waals surface area contributed by atoms with Crippen LogP contribution in [0, 0.1) is 5.82 Å². The van der Waals surface area contributed by atoms with E-state index in [1.807, 2.05) is 30.3 Å². The summed E-state index contributed by atoms with van der Waals surface area (Å²) in [7, 11) is 0. The molecule has 2 aromatic carbocycles. The number of aromatic nitrogens is 1. The van der Waals surface area contributed by atoms with Crippen molar-refractivity contribution >= 4 is 32.6 Å². The second-order valence-corrected chi connectivity index (χ2v) is 8.26. The lowest BCUT2D eigenvalue weighted by Gasteiger charge is -2.27. The van der Waals surface area contributed by atoms with Crippen LogP contribution in [-0.2, 0) is 16.0 Å². The van der Waals surface area contributed by atoms with Crippen LogP contribution in [0.3, 0.4) is 0 Å². The standard InChI is InChI=1S/C22H24FN3O2S/c23-18-7-8-19-20(16-18)29-22(24-19)26(11-10-25-12-14-28-15-13-25)21(27)9-6-17-4-2-1-3-5-17/h1-5,7-8,16H,6,9-15H2/p+1. The summed E-state index contributed by atoms with van der Waals surface area (Å²) in [5, 5.41) is 0.649. The van der Waals surface area contributed by atoms with Gasteiger partial charge in [-0.1, -0.05) is 41.7 Å². The number of rotatable bonds is 7. The minimum atomic E-state index is -0.285. The molecule has 0 unspecified atom stereocenters. The highest BCUT2D eigenvalue weighted by molar-refractivity contribution is 7.22. The molecular formula is C22H25FN3O2S+. The zero-order valence-corrected chi connectivity index (χ0v) is 17.1. The molecule has 0 bridgehead atoms. The molecule has 0 spiro atoms. The topological polar surface area (TPSA) is 46.9 Å². The number of aryl methyl sites for hydroxylation is 1. The molecular weight excluding hydrogens is 389 g/mol. The molecule has 4 rings (SSSR count). The predicted molar refractivity (Wildman–Crippen MR) is 113 cm³/mol. The van der Waals surface area contributed by atoms with E-state index in [4.69, 9.17) is 4.74 Å². The number of morpholine rings is 1. The van der Waals surface area contributed by atoms with Gasteiger partial charge in [-0.15, -0.1) is 0 Å². The van der Waals surface area contributed by atoms with E-state index in [1.54, 1.807) is 11.0 Å². The summed E-state index contributed by atoms with van der Waals surface area (Å²) in [5.74, 6) is -0.228. The Kier molecular flexibility index (Phi) is 6.49. The molecule has 3 aromatic rings. The molecule has 1 N–H and O–H groups in total. The number of ether oxygens (including phenoxy) is 1. The maximum absolute atomic E-state index is 13.6. The van der Waals surface area contributed by atoms with Gasteiger partial charge in [-0.3, -0.25) is 9.69 Å². The number of benzene rings is 2. The number of carbonyl (C=O) groups excluding carboxylic acids is 1. The molecule has 7 heteroatoms. The molecule has 1 saturated heterocycles. The van der Waals surface area contributed by atoms with Crippen LogP contribution in [0.2, 0.25) is 0 Å². The monoisotopic (exact) mass is 414 g/mol. The Hall–Kier alpha value is -2.35. The van der Waals surface area contributed by atoms with Crippen LogP contribution < -0.4 is 9.80 Å². The Morgan fingerprint density at radius 2 is 1.97 bits per heavy atom. The van der Waals surface area contributed by atoms with Gasteiger partial charge < -0.3 is 9.64 Å². The van der Waals surface area contributed by atoms with Gasteiger partial charge in [0.15, 0.2) is 5.13 Å². The molecule has 0 aliphatic carbocycles. The second kappa shape index (κ2) is 9.43. The average Bonchev–Trinajstić information content (AvgIpc) is 3.16. The molecule has 0 radical (unpaired) electrons. The number of hydrogen-bond donors (Lipinski definition) is 1. The van der Waals surface area contributed by atoms with Crippen molar-refractivity contribution in [3.63, 3.8) is 0 Å². The van der Waals surface area contributed by atoms with Crippen molar-refractivity contribution in [2.75, 3.05) is 44.3 Å². The summed E-state index contributed by atoms with van der Waals surface area (Å²) in [5.41, 5.74) is 1.87. The number of carbonyl (C=O) groups is 1. The number of hydrogen-bond acceptors (Lipinski definition) is 4. The van der Waals surface area contributed by atoms with Crippen molar-refractivity contribution in [1.29, 1.82) is 0 Å². The molecule has 152 valence electrons. The number of quaternary nitrogens is 1. The fraction of sp³-hybridized carbons (Fsp3) is 0.364. The first kappa shape index (κ1) is 19.9. The maximum Gasteiger partial charge on any atom is 0.229 e. The Morgan fingerprint density at radius 3 is 2.76 bits per heavy atom. The van der Waals surface area contributed by atoms with Crippen molar-refractivity contribution in [2.45, 2.75) is 12.8 Å². The summed E-state index contributed by atoms with van der Waals surface area (Å²) >= 11 is 1.38. The first-order valence-electron chi connectivity index (χ1n) is 10.0. The van der Waals surface area contributed by atoms with Gasteiger partial charge in [0.05, 0.1) is 36.5 Å². The molecule has 1 aromatic heterocycles. The van der Waals surface area contributed by atoms with E-state index in [-0.39, 0.29) is 11.7 Å². The van der Waals surface area contributed by atoms with E-state index in [0.29, 0.717) is 24.5 Å². The fourth-order valence-corrected chi connectivity index (χ4v) is 4.57. The zero-order chi connectivity index (χ0) is 20.1. The maximum atomic E-state index is 13.6. The quantitative estimate of drug-likeness (QED) is 0.646. The lowest BCUT2D eigenvalue weighted by atomic mass is 10.1. The van der Waals surface area contributed by atoms with E-state index >= 15 is 0 Å². The highest BCUT2D eigenvalue weighted by Crippen LogP contribution is 2.29. The number of anilines is 1. The van der Waals surface area contributed by atoms with Gasteiger partial charge in [0.1, 0.15) is 18.9 Å². The molecule has 1 amide bonds. The van der Waals surface area contributed by atoms with Crippen LogP contribution in [0.5, 0.6) is 0 Å². The number of nitrogens with zero attached hydrogens (tertiary/aromatic N) is 2. The third kappa shape index (κ3) is 5.18. The Labute approximate surface area is 173 Å². The van der Waals surface area contributed by atoms with Gasteiger partial charge in [0, 0.05) is 6.42 Å². The van der Waals surface area contributed by atoms with E-state index in [0.717, 1.165) is 48.6 Å². The van der Waals surface area contributed by atoms with Crippen LogP contribution in [-0.4, -0.2) is 50.3 Å². The number of amides is 1. The van der Waals surface area contributed by atoms with Crippen molar-refractivity contribution in [3.8, 4) is 0 Å². The highest BCUT2D eigenvalue weighted by atomic mass is 32.1. The Morgan fingerprint density at radius 1 is 1.17 bits per heavy atom. The number of nitrogens with one attached hydrogen (secondary N) is 1. The largest absolute Gasteiger partial charge is 0.370 e. The van der Waals surface area contributed by atoms with Crippen LogP contribution in [0.15, 0.2) is 48.5 Å². The van der Waals surface area contributed by atoms with Crippen molar-refractivity contribution in [1.82, 2.24) is 4.98 Å². The van der Waals surface area contributed by atoms with Crippen LogP contribution >= 0.6 is 11.3 Å². The average molecular weight is 415 g/mol. The first-order valence-corrected chi connectivity index (χ1v) is 10.8. The lowest BCUT2D eigenvalue weighted by molar-refractivity contribution is -0.906. The Bertz CT molecular complexity index is 957. The van der Waals surface area contributed by atoms with E-state index in [1.165, 1.54) is 28.4 Å². The minimum Gasteiger partial charge on any atom is -0.370 e. The van der Waals surface area contributed by atoms with Crippen LogP contribution in [0.4, 0.5) is 9.52 Å².